The van der Waals surface area contributed by atoms with Crippen molar-refractivity contribution in [2.75, 3.05) is 0 Å². The molecule has 0 bridgehead atoms. The first kappa shape index (κ1) is 9.45. The second-order valence-electron chi connectivity index (χ2n) is 2.64. The van der Waals surface area contributed by atoms with E-state index in [1.165, 1.54) is 0 Å². The van der Waals surface area contributed by atoms with Gasteiger partial charge in [-0.2, -0.15) is 5.10 Å². The molecule has 0 unspecified atom stereocenters. The average molecular weight is 175 g/mol. The zero-order chi connectivity index (χ0) is 9.68. The standard InChI is InChI=1S/C10H13N3/c1-4-6-11-10(5-2)13-8-9(3)7-12-13/h4-8H,2H2,1,3H3/b6-4-,11-10?. The zero-order valence-electron chi connectivity index (χ0n) is 7.94. The molecule has 0 aromatic carbocycles. The van der Waals surface area contributed by atoms with E-state index in [1.807, 2.05) is 26.1 Å². The first-order valence-electron chi connectivity index (χ1n) is 4.11. The van der Waals surface area contributed by atoms with Gasteiger partial charge in [-0.3, -0.25) is 0 Å². The van der Waals surface area contributed by atoms with Gasteiger partial charge in [-0.1, -0.05) is 12.7 Å². The van der Waals surface area contributed by atoms with Gasteiger partial charge >= 0.3 is 0 Å². The Morgan fingerprint density at radius 1 is 1.69 bits per heavy atom. The minimum atomic E-state index is 0.728. The Bertz CT molecular complexity index is 345. The maximum Gasteiger partial charge on any atom is 0.152 e. The van der Waals surface area contributed by atoms with Crippen LogP contribution < -0.4 is 0 Å². The predicted molar refractivity (Wildman–Crippen MR) is 54.8 cm³/mol. The maximum absolute atomic E-state index is 4.16. The molecular weight excluding hydrogens is 162 g/mol. The van der Waals surface area contributed by atoms with Crippen molar-refractivity contribution in [2.45, 2.75) is 13.8 Å². The van der Waals surface area contributed by atoms with Crippen LogP contribution in [-0.2, 0) is 0 Å². The molecule has 0 spiro atoms. The van der Waals surface area contributed by atoms with Crippen molar-refractivity contribution in [2.24, 2.45) is 4.99 Å². The van der Waals surface area contributed by atoms with E-state index < -0.39 is 0 Å². The molecular formula is C10H13N3. The molecule has 0 N–H and O–H groups in total. The highest BCUT2D eigenvalue weighted by Crippen LogP contribution is 1.95. The van der Waals surface area contributed by atoms with E-state index in [-0.39, 0.29) is 0 Å². The molecule has 3 nitrogen and oxygen atoms in total. The Morgan fingerprint density at radius 2 is 2.46 bits per heavy atom. The van der Waals surface area contributed by atoms with Gasteiger partial charge in [0.15, 0.2) is 5.84 Å². The summed E-state index contributed by atoms with van der Waals surface area (Å²) in [6.45, 7) is 7.58. The van der Waals surface area contributed by atoms with Crippen molar-refractivity contribution in [3.8, 4) is 0 Å². The third-order valence-corrected chi connectivity index (χ3v) is 1.48. The first-order valence-corrected chi connectivity index (χ1v) is 4.11. The van der Waals surface area contributed by atoms with Crippen molar-refractivity contribution in [3.63, 3.8) is 0 Å². The van der Waals surface area contributed by atoms with Crippen molar-refractivity contribution in [1.29, 1.82) is 0 Å². The van der Waals surface area contributed by atoms with Crippen LogP contribution >= 0.6 is 0 Å². The predicted octanol–water partition coefficient (Wildman–Crippen LogP) is 2.16. The Balaban J connectivity index is 2.96. The monoisotopic (exact) mass is 175 g/mol. The minimum Gasteiger partial charge on any atom is -0.238 e. The molecule has 13 heavy (non-hydrogen) atoms. The van der Waals surface area contributed by atoms with Crippen LogP contribution in [0.4, 0.5) is 0 Å². The van der Waals surface area contributed by atoms with Crippen LogP contribution in [0.15, 0.2) is 42.3 Å². The van der Waals surface area contributed by atoms with E-state index in [2.05, 4.69) is 16.7 Å². The molecule has 68 valence electrons. The van der Waals surface area contributed by atoms with E-state index in [1.54, 1.807) is 23.2 Å². The molecule has 0 saturated carbocycles. The van der Waals surface area contributed by atoms with Crippen LogP contribution in [0.3, 0.4) is 0 Å². The molecule has 0 atom stereocenters. The molecule has 1 heterocycles. The van der Waals surface area contributed by atoms with Crippen molar-refractivity contribution in [1.82, 2.24) is 9.78 Å². The number of nitrogens with zero attached hydrogens (tertiary/aromatic N) is 3. The van der Waals surface area contributed by atoms with Crippen molar-refractivity contribution >= 4 is 5.84 Å². The SMILES string of the molecule is C=CC(=N/C=C\C)n1cc(C)cn1. The van der Waals surface area contributed by atoms with Crippen molar-refractivity contribution in [3.05, 3.63) is 42.9 Å². The van der Waals surface area contributed by atoms with Gasteiger partial charge in [0.05, 0.1) is 6.20 Å². The van der Waals surface area contributed by atoms with Crippen LogP contribution in [0, 0.1) is 6.92 Å². The number of aryl methyl sites for hydroxylation is 1. The lowest BCUT2D eigenvalue weighted by Crippen LogP contribution is -2.08. The summed E-state index contributed by atoms with van der Waals surface area (Å²) >= 11 is 0. The fourth-order valence-corrected chi connectivity index (χ4v) is 0.894. The lowest BCUT2D eigenvalue weighted by Gasteiger charge is -1.97. The maximum atomic E-state index is 4.16. The fraction of sp³-hybridized carbons (Fsp3) is 0.200. The highest BCUT2D eigenvalue weighted by Gasteiger charge is 1.96. The Kier molecular flexibility index (Phi) is 3.20. The largest absolute Gasteiger partial charge is 0.238 e. The number of aliphatic imine (C=N–C) groups is 1. The first-order chi connectivity index (χ1) is 6.27. The van der Waals surface area contributed by atoms with Crippen LogP contribution in [0.5, 0.6) is 0 Å². The normalized spacial score (nSPS) is 12.3. The summed E-state index contributed by atoms with van der Waals surface area (Å²) in [5.41, 5.74) is 1.11. The van der Waals surface area contributed by atoms with Gasteiger partial charge in [0.2, 0.25) is 0 Å². The van der Waals surface area contributed by atoms with E-state index >= 15 is 0 Å². The van der Waals surface area contributed by atoms with Crippen LogP contribution in [-0.4, -0.2) is 15.6 Å². The summed E-state index contributed by atoms with van der Waals surface area (Å²) in [7, 11) is 0. The summed E-state index contributed by atoms with van der Waals surface area (Å²) in [6, 6.07) is 0. The molecule has 0 saturated heterocycles. The third-order valence-electron chi connectivity index (χ3n) is 1.48. The molecule has 3 heteroatoms. The molecule has 1 rings (SSSR count). The van der Waals surface area contributed by atoms with Crippen molar-refractivity contribution < 1.29 is 0 Å². The quantitative estimate of drug-likeness (QED) is 0.500. The van der Waals surface area contributed by atoms with E-state index in [0.717, 1.165) is 11.4 Å². The molecule has 0 fully saturated rings. The average Bonchev–Trinajstić information content (AvgIpc) is 2.54. The highest BCUT2D eigenvalue weighted by atomic mass is 15.3. The molecule has 0 amide bonds. The molecule has 0 aliphatic rings. The third kappa shape index (κ3) is 2.40. The Labute approximate surface area is 78.1 Å². The topological polar surface area (TPSA) is 30.2 Å². The summed E-state index contributed by atoms with van der Waals surface area (Å²) < 4.78 is 1.70. The summed E-state index contributed by atoms with van der Waals surface area (Å²) in [5.74, 6) is 0.728. The minimum absolute atomic E-state index is 0.728. The number of allylic oxidation sites excluding steroid dienone is 2. The van der Waals surface area contributed by atoms with Gasteiger partial charge in [0, 0.05) is 12.4 Å². The van der Waals surface area contributed by atoms with Crippen LogP contribution in [0.2, 0.25) is 0 Å². The smallest absolute Gasteiger partial charge is 0.152 e. The molecule has 1 aromatic rings. The molecule has 0 aliphatic heterocycles. The number of rotatable bonds is 2. The fourth-order valence-electron chi connectivity index (χ4n) is 0.894. The van der Waals surface area contributed by atoms with E-state index in [9.17, 15) is 0 Å². The highest BCUT2D eigenvalue weighted by molar-refractivity contribution is 5.94. The Morgan fingerprint density at radius 3 is 2.92 bits per heavy atom. The second kappa shape index (κ2) is 4.40. The number of aromatic nitrogens is 2. The lowest BCUT2D eigenvalue weighted by atomic mass is 10.4. The zero-order valence-corrected chi connectivity index (χ0v) is 7.94. The van der Waals surface area contributed by atoms with E-state index in [4.69, 9.17) is 0 Å². The van der Waals surface area contributed by atoms with Gasteiger partial charge in [-0.25, -0.2) is 9.67 Å². The van der Waals surface area contributed by atoms with Gasteiger partial charge in [0.1, 0.15) is 0 Å². The summed E-state index contributed by atoms with van der Waals surface area (Å²) in [4.78, 5) is 4.16. The van der Waals surface area contributed by atoms with E-state index in [0.29, 0.717) is 0 Å². The van der Waals surface area contributed by atoms with Crippen LogP contribution in [0.1, 0.15) is 12.5 Å². The number of hydrogen-bond donors (Lipinski definition) is 0. The van der Waals surface area contributed by atoms with Gasteiger partial charge < -0.3 is 0 Å². The summed E-state index contributed by atoms with van der Waals surface area (Å²) in [6.07, 6.45) is 8.94. The molecule has 1 aromatic heterocycles. The van der Waals surface area contributed by atoms with Gasteiger partial charge in [-0.15, -0.1) is 0 Å². The molecule has 0 aliphatic carbocycles. The number of hydrogen-bond acceptors (Lipinski definition) is 2. The lowest BCUT2D eigenvalue weighted by molar-refractivity contribution is 0.937. The molecule has 0 radical (unpaired) electrons. The van der Waals surface area contributed by atoms with Gasteiger partial charge in [0.25, 0.3) is 0 Å². The van der Waals surface area contributed by atoms with Gasteiger partial charge in [-0.05, 0) is 25.5 Å². The Hall–Kier alpha value is -1.64. The van der Waals surface area contributed by atoms with Crippen LogP contribution in [0.25, 0.3) is 0 Å². The summed E-state index contributed by atoms with van der Waals surface area (Å²) in [5, 5.41) is 4.12. The second-order valence-corrected chi connectivity index (χ2v) is 2.64.